The first-order valence-corrected chi connectivity index (χ1v) is 40.6. The van der Waals surface area contributed by atoms with Crippen LogP contribution in [0.4, 0.5) is 0 Å². The van der Waals surface area contributed by atoms with E-state index < -0.39 is 16.6 Å². The molecule has 3 amide bonds. The second-order valence-corrected chi connectivity index (χ2v) is 32.5. The number of methoxy groups -OCH3 is 3. The number of nitrogens with one attached hydrogen (secondary N) is 2. The van der Waals surface area contributed by atoms with E-state index in [2.05, 4.69) is 150 Å². The molecular formula is C85H119BrN8O6S2. The van der Waals surface area contributed by atoms with Crippen LogP contribution in [0.2, 0.25) is 0 Å². The molecule has 102 heavy (non-hydrogen) atoms. The molecule has 6 N–H and O–H groups in total. The minimum Gasteiger partial charge on any atom is -0.381 e. The predicted octanol–water partition coefficient (Wildman–Crippen LogP) is 15.8. The molecule has 0 aromatic heterocycles. The molecule has 3 atom stereocenters. The van der Waals surface area contributed by atoms with Gasteiger partial charge in [-0.2, -0.15) is 0 Å². The van der Waals surface area contributed by atoms with Crippen molar-refractivity contribution in [2.45, 2.75) is 264 Å². The zero-order valence-corrected chi connectivity index (χ0v) is 64.3. The Balaban J connectivity index is 0.000000169. The molecular weight excluding hydrogens is 1370 g/mol. The summed E-state index contributed by atoms with van der Waals surface area (Å²) < 4.78 is 17.0. The van der Waals surface area contributed by atoms with Gasteiger partial charge in [0.05, 0.1) is 18.3 Å². The number of fused-ring (bicyclic) bond motifs is 9. The van der Waals surface area contributed by atoms with Gasteiger partial charge in [-0.25, -0.2) is 9.98 Å². The van der Waals surface area contributed by atoms with Crippen LogP contribution in [-0.2, 0) is 64.5 Å². The van der Waals surface area contributed by atoms with E-state index in [-0.39, 0.29) is 67.1 Å². The van der Waals surface area contributed by atoms with Crippen LogP contribution in [-0.4, -0.2) is 115 Å². The normalized spacial score (nSPS) is 29.3. The Morgan fingerprint density at radius 3 is 1.31 bits per heavy atom. The second kappa shape index (κ2) is 35.2. The van der Waals surface area contributed by atoms with Crippen LogP contribution in [0.3, 0.4) is 0 Å². The molecule has 6 saturated carbocycles. The number of guanidine groups is 1. The summed E-state index contributed by atoms with van der Waals surface area (Å²) in [4.78, 5) is 56.2. The number of ether oxygens (including phenoxy) is 3. The molecule has 554 valence electrons. The van der Waals surface area contributed by atoms with E-state index in [0.717, 1.165) is 191 Å². The van der Waals surface area contributed by atoms with Crippen LogP contribution in [0.25, 0.3) is 0 Å². The fourth-order valence-electron chi connectivity index (χ4n) is 17.6. The van der Waals surface area contributed by atoms with Crippen LogP contribution >= 0.6 is 39.9 Å². The van der Waals surface area contributed by atoms with Crippen LogP contribution < -0.4 is 22.1 Å². The number of hydrogen-bond acceptors (Lipinski definition) is 12. The van der Waals surface area contributed by atoms with Gasteiger partial charge in [0.2, 0.25) is 0 Å². The Hall–Kier alpha value is -5.55. The van der Waals surface area contributed by atoms with E-state index in [4.69, 9.17) is 42.1 Å². The maximum atomic E-state index is 14.6. The van der Waals surface area contributed by atoms with Crippen LogP contribution in [0.1, 0.15) is 260 Å². The number of thiocarbonyl (C=S) groups is 1. The summed E-state index contributed by atoms with van der Waals surface area (Å²) in [7, 11) is 6.89. The number of thioether (sulfide) groups is 1. The highest BCUT2D eigenvalue weighted by Crippen LogP contribution is 2.65. The lowest BCUT2D eigenvalue weighted by atomic mass is 9.61. The van der Waals surface area contributed by atoms with E-state index in [1.54, 1.807) is 30.9 Å². The SMILES string of the molecule is C.C.CCCCBr.CCCCN1C(=O)C2(N=C1N)c1cc(C#CC3CC3)ccc1CC21CCC(OC)CC1.CCCCSC1=NC2(C(=O)N1CCCC)c1cc(C#CC3CC3)ccc1CC21CCC(OC)CC1.CN.COC1CCC2(CC1)Cc1ccc(C#CC3CC3)cc1C21NC(=S)NC1=O. The molecule has 3 aliphatic heterocycles. The molecule has 3 aromatic carbocycles. The van der Waals surface area contributed by atoms with Gasteiger partial charge >= 0.3 is 0 Å². The molecule has 3 heterocycles. The quantitative estimate of drug-likeness (QED) is 0.0521. The van der Waals surface area contributed by atoms with Crippen molar-refractivity contribution in [1.82, 2.24) is 20.4 Å². The van der Waals surface area contributed by atoms with E-state index in [1.807, 2.05) is 12.0 Å². The van der Waals surface area contributed by atoms with Crippen molar-refractivity contribution >= 4 is 73.9 Å². The summed E-state index contributed by atoms with van der Waals surface area (Å²) >= 11 is 10.5. The summed E-state index contributed by atoms with van der Waals surface area (Å²) in [6.45, 7) is 10.1. The van der Waals surface area contributed by atoms with Gasteiger partial charge < -0.3 is 36.3 Å². The average Bonchev–Trinajstić information content (AvgIpc) is 1.54. The number of nitrogens with two attached hydrogens (primary N) is 2. The minimum atomic E-state index is -0.907. The fourth-order valence-corrected chi connectivity index (χ4v) is 19.5. The number of amides is 3. The van der Waals surface area contributed by atoms with Crippen molar-refractivity contribution in [2.24, 2.45) is 55.5 Å². The molecule has 0 bridgehead atoms. The molecule has 1 saturated heterocycles. The van der Waals surface area contributed by atoms with Gasteiger partial charge in [0, 0.05) is 96.2 Å². The zero-order valence-electron chi connectivity index (χ0n) is 61.1. The topological polar surface area (TPSA) is 186 Å². The first-order valence-electron chi connectivity index (χ1n) is 38.1. The van der Waals surface area contributed by atoms with Gasteiger partial charge in [0.15, 0.2) is 32.9 Å². The molecule has 15 rings (SSSR count). The van der Waals surface area contributed by atoms with E-state index in [1.165, 1.54) is 75.1 Å². The maximum Gasteiger partial charge on any atom is 0.262 e. The lowest BCUT2D eigenvalue weighted by Crippen LogP contribution is -2.56. The summed E-state index contributed by atoms with van der Waals surface area (Å²) in [5.41, 5.74) is 17.9. The molecule has 3 unspecified atom stereocenters. The third kappa shape index (κ3) is 15.9. The van der Waals surface area contributed by atoms with Crippen molar-refractivity contribution in [2.75, 3.05) is 52.5 Å². The van der Waals surface area contributed by atoms with Gasteiger partial charge in [-0.1, -0.05) is 150 Å². The first kappa shape index (κ1) is 80.5. The molecule has 0 radical (unpaired) electrons. The second-order valence-electron chi connectivity index (χ2n) is 30.2. The Morgan fingerprint density at radius 2 is 0.931 bits per heavy atom. The number of aliphatic imine (C=N–C) groups is 2. The number of unbranched alkanes of at least 4 members (excludes halogenated alkanes) is 4. The molecule has 12 aliphatic rings. The summed E-state index contributed by atoms with van der Waals surface area (Å²) in [5.74, 6) is 23.5. The van der Waals surface area contributed by atoms with E-state index >= 15 is 0 Å². The summed E-state index contributed by atoms with van der Waals surface area (Å²) in [6, 6.07) is 19.5. The third-order valence-electron chi connectivity index (χ3n) is 23.8. The fraction of sp³-hybridized carbons (Fsp3) is 0.647. The van der Waals surface area contributed by atoms with Crippen LogP contribution in [0.15, 0.2) is 64.6 Å². The van der Waals surface area contributed by atoms with Gasteiger partial charge in [0.25, 0.3) is 17.7 Å². The summed E-state index contributed by atoms with van der Waals surface area (Å²) in [5, 5.41) is 8.84. The zero-order chi connectivity index (χ0) is 70.9. The minimum absolute atomic E-state index is 0. The van der Waals surface area contributed by atoms with Gasteiger partial charge in [-0.15, -0.1) is 0 Å². The van der Waals surface area contributed by atoms with Crippen LogP contribution in [0, 0.1) is 69.5 Å². The predicted molar refractivity (Wildman–Crippen MR) is 425 cm³/mol. The Bertz CT molecular complexity index is 3730. The number of alkyl halides is 1. The standard InChI is InChI=1S/C30H40N2O2S.C26H33N3O2.C22H24N2O2S.C4H9Br.CH5N.2CH4/c1-4-6-18-32-27(33)30(31-28(32)35-19-7-5-2)26-20-23(11-10-22-8-9-22)12-13-24(26)21-29(30)16-14-25(34-3)15-17-29;1-3-4-15-29-23(30)26(28-24(29)27)22-16-19(8-7-18-5-6-18)9-10-20(22)17-25(26)13-11-21(31-2)12-14-25;1-26-17-8-10-21(11-9-17)13-16-7-6-15(5-4-14-2-3-14)12-18(16)22(21)19(25)23-20(27)24-22;1-2-3-4-5;1-2;;/h12-13,20,22,25H,4-9,14-19,21H2,1-3H3;9-10,16,18,21H,3-6,11-15,17H2,1-2H3,(H2,27,28);6-7,12,14,17H,2-3,8-11,13H2,1H3,(H2,23,24,25,27);2-4H2,1H3;2H2,1H3;2*1H4. The Morgan fingerprint density at radius 1 is 0.549 bits per heavy atom. The van der Waals surface area contributed by atoms with Gasteiger partial charge in [-0.3, -0.25) is 24.2 Å². The third-order valence-corrected chi connectivity index (χ3v) is 25.6. The number of rotatable bonds is 14. The lowest BCUT2D eigenvalue weighted by Gasteiger charge is -2.46. The average molecular weight is 1490 g/mol. The number of amidine groups is 1. The molecule has 9 aliphatic carbocycles. The molecule has 3 aromatic rings. The number of nitrogens with zero attached hydrogens (tertiary/aromatic N) is 4. The van der Waals surface area contributed by atoms with Crippen molar-refractivity contribution < 1.29 is 28.6 Å². The molecule has 17 heteroatoms. The Kier molecular flexibility index (Phi) is 27.8. The molecule has 7 fully saturated rings. The Labute approximate surface area is 630 Å². The highest BCUT2D eigenvalue weighted by Gasteiger charge is 2.69. The van der Waals surface area contributed by atoms with Crippen molar-refractivity contribution in [3.63, 3.8) is 0 Å². The number of benzene rings is 3. The number of hydrogen-bond donors (Lipinski definition) is 4. The van der Waals surface area contributed by atoms with Crippen molar-refractivity contribution in [3.05, 3.63) is 105 Å². The lowest BCUT2D eigenvalue weighted by molar-refractivity contribution is -0.139. The highest BCUT2D eigenvalue weighted by molar-refractivity contribution is 9.09. The number of carbonyl (C=O) groups is 3. The molecule has 6 spiro atoms. The number of halogens is 1. The van der Waals surface area contributed by atoms with Gasteiger partial charge in [0.1, 0.15) is 0 Å². The van der Waals surface area contributed by atoms with Crippen molar-refractivity contribution in [1.29, 1.82) is 0 Å². The maximum absolute atomic E-state index is 14.6. The highest BCUT2D eigenvalue weighted by atomic mass is 79.9. The first-order chi connectivity index (χ1) is 48.6. The summed E-state index contributed by atoms with van der Waals surface area (Å²) in [6.07, 6.45) is 31.3. The van der Waals surface area contributed by atoms with Crippen molar-refractivity contribution in [3.8, 4) is 35.5 Å². The smallest absolute Gasteiger partial charge is 0.262 e. The van der Waals surface area contributed by atoms with Gasteiger partial charge in [-0.05, 0) is 250 Å². The van der Waals surface area contributed by atoms with E-state index in [0.29, 0.717) is 35.4 Å². The largest absolute Gasteiger partial charge is 0.381 e. The number of carbonyl (C=O) groups excluding carboxylic acids is 3. The van der Waals surface area contributed by atoms with E-state index in [9.17, 15) is 14.4 Å². The molecule has 14 nitrogen and oxygen atoms in total. The monoisotopic (exact) mass is 1490 g/mol. The van der Waals surface area contributed by atoms with Crippen LogP contribution in [0.5, 0.6) is 0 Å².